The van der Waals surface area contributed by atoms with Crippen molar-refractivity contribution < 1.29 is 34.2 Å². The maximum absolute atomic E-state index is 11.6. The lowest BCUT2D eigenvalue weighted by atomic mass is 10.0. The van der Waals surface area contributed by atoms with Gasteiger partial charge in [0.2, 0.25) is 0 Å². The predicted molar refractivity (Wildman–Crippen MR) is 150 cm³/mol. The van der Waals surface area contributed by atoms with Crippen LogP contribution in [0, 0.1) is 17.8 Å². The lowest BCUT2D eigenvalue weighted by Gasteiger charge is -2.42. The molecule has 0 fully saturated rings. The van der Waals surface area contributed by atoms with Crippen LogP contribution in [0.1, 0.15) is 118 Å². The zero-order chi connectivity index (χ0) is 28.1. The second-order valence-corrected chi connectivity index (χ2v) is 11.3. The first-order chi connectivity index (χ1) is 17.5. The van der Waals surface area contributed by atoms with Gasteiger partial charge in [0.1, 0.15) is 17.8 Å². The molecule has 0 aromatic carbocycles. The van der Waals surface area contributed by atoms with Gasteiger partial charge in [0.05, 0.1) is 26.2 Å². The molecule has 0 heterocycles. The molecule has 0 amide bonds. The summed E-state index contributed by atoms with van der Waals surface area (Å²) in [4.78, 5) is 34.7. The van der Waals surface area contributed by atoms with Crippen molar-refractivity contribution >= 4 is 17.9 Å². The molecule has 0 rings (SSSR count). The number of hydrogen-bond acceptors (Lipinski definition) is 3. The van der Waals surface area contributed by atoms with Gasteiger partial charge in [-0.3, -0.25) is 14.4 Å². The lowest BCUT2D eigenvalue weighted by Crippen LogP contribution is -2.57. The molecule has 37 heavy (non-hydrogen) atoms. The summed E-state index contributed by atoms with van der Waals surface area (Å²) >= 11 is 0. The molecule has 3 atom stereocenters. The number of unbranched alkanes of at least 4 members (excludes halogenated alkanes) is 12. The van der Waals surface area contributed by atoms with E-state index in [1.54, 1.807) is 20.8 Å². The second-order valence-electron chi connectivity index (χ2n) is 11.3. The summed E-state index contributed by atoms with van der Waals surface area (Å²) in [7, 11) is 0. The van der Waals surface area contributed by atoms with E-state index < -0.39 is 35.7 Å². The topological polar surface area (TPSA) is 112 Å². The van der Waals surface area contributed by atoms with Gasteiger partial charge >= 0.3 is 17.9 Å². The molecule has 0 aromatic heterocycles. The van der Waals surface area contributed by atoms with Crippen molar-refractivity contribution in [3.63, 3.8) is 0 Å². The summed E-state index contributed by atoms with van der Waals surface area (Å²) in [5, 5.41) is 28.5. The number of carboxylic acids is 3. The van der Waals surface area contributed by atoms with Gasteiger partial charge in [0, 0.05) is 6.42 Å². The Balaban J connectivity index is 4.59. The zero-order valence-corrected chi connectivity index (χ0v) is 24.1. The van der Waals surface area contributed by atoms with Gasteiger partial charge in [-0.1, -0.05) is 89.7 Å². The minimum atomic E-state index is -0.948. The molecule has 0 saturated heterocycles. The number of aliphatic carboxylic acids is 3. The van der Waals surface area contributed by atoms with Gasteiger partial charge in [-0.15, -0.1) is 0 Å². The molecular weight excluding hydrogens is 470 g/mol. The maximum Gasteiger partial charge on any atom is 0.311 e. The van der Waals surface area contributed by atoms with Gasteiger partial charge in [-0.05, 0) is 33.6 Å². The predicted octanol–water partition coefficient (Wildman–Crippen LogP) is 7.00. The number of quaternary nitrogens is 1. The van der Waals surface area contributed by atoms with Crippen LogP contribution in [-0.4, -0.2) is 63.9 Å². The minimum absolute atomic E-state index is 0.178. The summed E-state index contributed by atoms with van der Waals surface area (Å²) in [6, 6.07) is 0. The third-order valence-electron chi connectivity index (χ3n) is 7.41. The van der Waals surface area contributed by atoms with E-state index in [1.807, 2.05) is 0 Å². The van der Waals surface area contributed by atoms with Gasteiger partial charge in [-0.2, -0.15) is 0 Å². The molecule has 7 heteroatoms. The van der Waals surface area contributed by atoms with E-state index in [0.717, 1.165) is 12.8 Å². The van der Waals surface area contributed by atoms with Crippen LogP contribution >= 0.6 is 0 Å². The zero-order valence-electron chi connectivity index (χ0n) is 24.1. The average molecular weight is 527 g/mol. The number of nitrogens with zero attached hydrogens (tertiary/aromatic N) is 1. The van der Waals surface area contributed by atoms with Gasteiger partial charge in [-0.25, -0.2) is 0 Å². The van der Waals surface area contributed by atoms with Crippen LogP contribution in [0.5, 0.6) is 0 Å². The quantitative estimate of drug-likeness (QED) is 0.0670. The fraction of sp³-hybridized carbons (Fsp3) is 0.833. The van der Waals surface area contributed by atoms with E-state index in [4.69, 9.17) is 0 Å². The first-order valence-corrected chi connectivity index (χ1v) is 14.7. The number of carboxylic acid groups (broad SMARTS) is 3. The second kappa shape index (κ2) is 21.1. The molecule has 0 aliphatic heterocycles. The average Bonchev–Trinajstić information content (AvgIpc) is 2.83. The number of hydrogen-bond donors (Lipinski definition) is 3. The van der Waals surface area contributed by atoms with Crippen molar-refractivity contribution in [2.75, 3.05) is 26.2 Å². The Morgan fingerprint density at radius 1 is 0.568 bits per heavy atom. The third-order valence-corrected chi connectivity index (χ3v) is 7.41. The first kappa shape index (κ1) is 35.1. The molecule has 0 bridgehead atoms. The Morgan fingerprint density at radius 2 is 0.892 bits per heavy atom. The monoisotopic (exact) mass is 526 g/mol. The van der Waals surface area contributed by atoms with E-state index in [1.165, 1.54) is 70.6 Å². The van der Waals surface area contributed by atoms with Crippen molar-refractivity contribution in [2.24, 2.45) is 17.8 Å². The molecule has 0 aromatic rings. The molecule has 0 radical (unpaired) electrons. The first-order valence-electron chi connectivity index (χ1n) is 14.7. The molecule has 0 saturated carbocycles. The standard InChI is InChI=1S/C30H55NO6/c1-5-6-7-8-9-10-11-12-13-14-15-16-17-18-19-20-21-31(22-25(2)28(32)33,23-26(3)29(34)35)24-27(4)30(36)37/h18-19,25-27H,5-17,20-24H2,1-4H3,(H2-,32,33,34,35,36,37)/p+1/b19-18+. The summed E-state index contributed by atoms with van der Waals surface area (Å²) in [6.45, 7) is 8.26. The molecule has 3 N–H and O–H groups in total. The molecule has 0 aliphatic carbocycles. The molecule has 7 nitrogen and oxygen atoms in total. The van der Waals surface area contributed by atoms with E-state index in [2.05, 4.69) is 19.1 Å². The van der Waals surface area contributed by atoms with Crippen LogP contribution < -0.4 is 0 Å². The summed E-state index contributed by atoms with van der Waals surface area (Å²) in [6.07, 6.45) is 21.8. The van der Waals surface area contributed by atoms with Crippen molar-refractivity contribution in [2.45, 2.75) is 118 Å². The minimum Gasteiger partial charge on any atom is -0.481 e. The molecule has 0 spiro atoms. The van der Waals surface area contributed by atoms with Crippen LogP contribution in [-0.2, 0) is 14.4 Å². The van der Waals surface area contributed by atoms with Gasteiger partial charge in [0.25, 0.3) is 0 Å². The van der Waals surface area contributed by atoms with E-state index in [0.29, 0.717) is 13.0 Å². The fourth-order valence-electron chi connectivity index (χ4n) is 5.16. The lowest BCUT2D eigenvalue weighted by molar-refractivity contribution is -0.933. The molecule has 216 valence electrons. The summed E-state index contributed by atoms with van der Waals surface area (Å²) in [5.74, 6) is -4.91. The number of rotatable bonds is 25. The fourth-order valence-corrected chi connectivity index (χ4v) is 5.16. The van der Waals surface area contributed by atoms with Crippen molar-refractivity contribution in [3.05, 3.63) is 12.2 Å². The van der Waals surface area contributed by atoms with Crippen molar-refractivity contribution in [3.8, 4) is 0 Å². The van der Waals surface area contributed by atoms with Crippen LogP contribution in [0.3, 0.4) is 0 Å². The van der Waals surface area contributed by atoms with Gasteiger partial charge in [0.15, 0.2) is 0 Å². The van der Waals surface area contributed by atoms with Crippen molar-refractivity contribution in [1.82, 2.24) is 0 Å². The summed E-state index contributed by atoms with van der Waals surface area (Å²) < 4.78 is 0.178. The SMILES string of the molecule is CCCCCCCCCCCCCC/C=C/CC[N+](CC(C)C(=O)O)(CC(C)C(=O)O)CC(C)C(=O)O. The van der Waals surface area contributed by atoms with E-state index >= 15 is 0 Å². The Labute approximate surface area is 225 Å². The molecular formula is C30H56NO6+. The highest BCUT2D eigenvalue weighted by Crippen LogP contribution is 2.21. The van der Waals surface area contributed by atoms with Crippen molar-refractivity contribution in [1.29, 1.82) is 0 Å². The maximum atomic E-state index is 11.6. The Hall–Kier alpha value is -1.89. The van der Waals surface area contributed by atoms with Gasteiger partial charge < -0.3 is 19.8 Å². The largest absolute Gasteiger partial charge is 0.481 e. The highest BCUT2D eigenvalue weighted by Gasteiger charge is 2.37. The van der Waals surface area contributed by atoms with Crippen LogP contribution in [0.15, 0.2) is 12.2 Å². The van der Waals surface area contributed by atoms with E-state index in [-0.39, 0.29) is 24.1 Å². The van der Waals surface area contributed by atoms with Crippen LogP contribution in [0.4, 0.5) is 0 Å². The molecule has 0 aliphatic rings. The van der Waals surface area contributed by atoms with E-state index in [9.17, 15) is 29.7 Å². The highest BCUT2D eigenvalue weighted by molar-refractivity contribution is 5.70. The number of allylic oxidation sites excluding steroid dienone is 1. The highest BCUT2D eigenvalue weighted by atomic mass is 16.4. The smallest absolute Gasteiger partial charge is 0.311 e. The Bertz CT molecular complexity index is 607. The third kappa shape index (κ3) is 18.1. The summed E-state index contributed by atoms with van der Waals surface area (Å²) in [5.41, 5.74) is 0. The molecule has 3 unspecified atom stereocenters. The Kier molecular flexibility index (Phi) is 20.0. The Morgan fingerprint density at radius 3 is 1.24 bits per heavy atom. The normalized spacial score (nSPS) is 15.8. The van der Waals surface area contributed by atoms with Crippen LogP contribution in [0.25, 0.3) is 0 Å². The number of carbonyl (C=O) groups is 3. The van der Waals surface area contributed by atoms with Crippen LogP contribution in [0.2, 0.25) is 0 Å².